The highest BCUT2D eigenvalue weighted by Gasteiger charge is 2.24. The van der Waals surface area contributed by atoms with Gasteiger partial charge in [0.15, 0.2) is 0 Å². The van der Waals surface area contributed by atoms with E-state index in [2.05, 4.69) is 17.0 Å². The van der Waals surface area contributed by atoms with Crippen LogP contribution in [0.5, 0.6) is 0 Å². The predicted molar refractivity (Wildman–Crippen MR) is 87.2 cm³/mol. The fourth-order valence-electron chi connectivity index (χ4n) is 1.86. The molecule has 1 heterocycles. The minimum Gasteiger partial charge on any atom is -0.375 e. The second-order valence-corrected chi connectivity index (χ2v) is 8.14. The van der Waals surface area contributed by atoms with Gasteiger partial charge in [-0.2, -0.15) is 0 Å². The molecule has 0 unspecified atom stereocenters. The van der Waals surface area contributed by atoms with Crippen LogP contribution in [0, 0.1) is 0 Å². The molecule has 0 bridgehead atoms. The summed E-state index contributed by atoms with van der Waals surface area (Å²) in [5, 5.41) is 5.05. The summed E-state index contributed by atoms with van der Waals surface area (Å²) < 4.78 is 33.0. The number of ether oxygens (including phenoxy) is 1. The van der Waals surface area contributed by atoms with Crippen LogP contribution in [0.4, 0.5) is 0 Å². The van der Waals surface area contributed by atoms with Crippen molar-refractivity contribution in [3.63, 3.8) is 0 Å². The molecular formula is C14H26N2O3S2. The number of hydrogen-bond donors (Lipinski definition) is 2. The highest BCUT2D eigenvalue weighted by Crippen LogP contribution is 2.22. The molecule has 0 aliphatic rings. The van der Waals surface area contributed by atoms with E-state index >= 15 is 0 Å². The van der Waals surface area contributed by atoms with Crippen molar-refractivity contribution in [1.29, 1.82) is 0 Å². The minimum atomic E-state index is -3.50. The van der Waals surface area contributed by atoms with E-state index in [1.54, 1.807) is 6.07 Å². The molecule has 122 valence electrons. The first kappa shape index (κ1) is 18.6. The van der Waals surface area contributed by atoms with Gasteiger partial charge in [-0.1, -0.05) is 6.92 Å². The first-order valence-corrected chi connectivity index (χ1v) is 9.59. The highest BCUT2D eigenvalue weighted by molar-refractivity contribution is 7.89. The Morgan fingerprint density at radius 3 is 2.67 bits per heavy atom. The van der Waals surface area contributed by atoms with Crippen molar-refractivity contribution < 1.29 is 13.2 Å². The van der Waals surface area contributed by atoms with Gasteiger partial charge in [-0.15, -0.1) is 11.3 Å². The zero-order valence-corrected chi connectivity index (χ0v) is 14.9. The Balaban J connectivity index is 2.72. The Labute approximate surface area is 132 Å². The Morgan fingerprint density at radius 1 is 1.33 bits per heavy atom. The maximum atomic E-state index is 12.4. The molecule has 0 saturated carbocycles. The Kier molecular flexibility index (Phi) is 7.29. The number of hydrogen-bond acceptors (Lipinski definition) is 5. The van der Waals surface area contributed by atoms with Crippen LogP contribution in [0.3, 0.4) is 0 Å². The zero-order chi connectivity index (χ0) is 15.9. The van der Waals surface area contributed by atoms with Crippen molar-refractivity contribution >= 4 is 21.4 Å². The first-order chi connectivity index (χ1) is 9.82. The quantitative estimate of drug-likeness (QED) is 0.645. The lowest BCUT2D eigenvalue weighted by molar-refractivity contribution is -0.00515. The van der Waals surface area contributed by atoms with Gasteiger partial charge in [-0.05, 0) is 45.2 Å². The molecular weight excluding hydrogens is 308 g/mol. The first-order valence-electron chi connectivity index (χ1n) is 7.23. The molecule has 0 aliphatic carbocycles. The molecule has 0 saturated heterocycles. The summed E-state index contributed by atoms with van der Waals surface area (Å²) in [4.78, 5) is 1.20. The van der Waals surface area contributed by atoms with Crippen molar-refractivity contribution in [3.05, 3.63) is 16.3 Å². The van der Waals surface area contributed by atoms with Crippen molar-refractivity contribution in [2.45, 2.75) is 51.2 Å². The number of nitrogens with one attached hydrogen (secondary N) is 2. The molecule has 1 aromatic rings. The summed E-state index contributed by atoms with van der Waals surface area (Å²) in [6.45, 7) is 9.98. The lowest BCUT2D eigenvalue weighted by Gasteiger charge is -2.24. The third-order valence-corrected chi connectivity index (χ3v) is 5.47. The molecule has 21 heavy (non-hydrogen) atoms. The molecule has 5 nitrogen and oxygen atoms in total. The molecule has 0 atom stereocenters. The summed E-state index contributed by atoms with van der Waals surface area (Å²) in [5.41, 5.74) is -0.515. The summed E-state index contributed by atoms with van der Waals surface area (Å²) in [5.74, 6) is 0. The van der Waals surface area contributed by atoms with Crippen LogP contribution in [0.25, 0.3) is 0 Å². The van der Waals surface area contributed by atoms with Gasteiger partial charge in [0.05, 0.1) is 10.5 Å². The number of sulfonamides is 1. The maximum Gasteiger partial charge on any atom is 0.241 e. The van der Waals surface area contributed by atoms with E-state index in [0.717, 1.165) is 17.8 Å². The van der Waals surface area contributed by atoms with Gasteiger partial charge in [0, 0.05) is 24.6 Å². The van der Waals surface area contributed by atoms with Gasteiger partial charge < -0.3 is 10.1 Å². The van der Waals surface area contributed by atoms with E-state index < -0.39 is 15.6 Å². The second kappa shape index (κ2) is 8.24. The molecule has 0 fully saturated rings. The van der Waals surface area contributed by atoms with Crippen LogP contribution in [-0.2, 0) is 21.3 Å². The highest BCUT2D eigenvalue weighted by atomic mass is 32.2. The molecule has 0 radical (unpaired) electrons. The average molecular weight is 335 g/mol. The van der Waals surface area contributed by atoms with Gasteiger partial charge in [0.2, 0.25) is 10.0 Å². The Bertz CT molecular complexity index is 524. The summed E-state index contributed by atoms with van der Waals surface area (Å²) in [6.07, 6.45) is 1.02. The lowest BCUT2D eigenvalue weighted by atomic mass is 10.1. The zero-order valence-electron chi connectivity index (χ0n) is 13.2. The van der Waals surface area contributed by atoms with Crippen LogP contribution >= 0.6 is 11.3 Å². The van der Waals surface area contributed by atoms with Gasteiger partial charge in [-0.25, -0.2) is 13.1 Å². The predicted octanol–water partition coefficient (Wildman–Crippen LogP) is 2.34. The lowest BCUT2D eigenvalue weighted by Crippen LogP contribution is -2.40. The van der Waals surface area contributed by atoms with Crippen LogP contribution in [0.2, 0.25) is 0 Å². The van der Waals surface area contributed by atoms with Gasteiger partial charge in [-0.3, -0.25) is 0 Å². The number of thiophene rings is 1. The average Bonchev–Trinajstić information content (AvgIpc) is 2.86. The molecule has 1 aromatic heterocycles. The van der Waals surface area contributed by atoms with E-state index in [4.69, 9.17) is 4.74 Å². The normalized spacial score (nSPS) is 12.8. The third kappa shape index (κ3) is 6.04. The van der Waals surface area contributed by atoms with E-state index in [9.17, 15) is 8.42 Å². The number of rotatable bonds is 10. The van der Waals surface area contributed by atoms with Crippen molar-refractivity contribution in [3.8, 4) is 0 Å². The molecule has 7 heteroatoms. The van der Waals surface area contributed by atoms with Crippen LogP contribution in [0.15, 0.2) is 16.3 Å². The molecule has 0 spiro atoms. The summed E-state index contributed by atoms with van der Waals surface area (Å²) in [6, 6.07) is 1.66. The van der Waals surface area contributed by atoms with E-state index in [0.29, 0.717) is 18.0 Å². The Hall–Kier alpha value is -0.470. The topological polar surface area (TPSA) is 67.4 Å². The van der Waals surface area contributed by atoms with Crippen molar-refractivity contribution in [1.82, 2.24) is 10.0 Å². The fourth-order valence-corrected chi connectivity index (χ4v) is 4.47. The smallest absolute Gasteiger partial charge is 0.241 e. The van der Waals surface area contributed by atoms with Crippen LogP contribution in [0.1, 0.15) is 39.0 Å². The Morgan fingerprint density at radius 2 is 2.05 bits per heavy atom. The summed E-state index contributed by atoms with van der Waals surface area (Å²) >= 11 is 1.46. The van der Waals surface area contributed by atoms with Gasteiger partial charge >= 0.3 is 0 Å². The maximum absolute atomic E-state index is 12.4. The van der Waals surface area contributed by atoms with Crippen LogP contribution < -0.4 is 10.0 Å². The van der Waals surface area contributed by atoms with E-state index in [1.165, 1.54) is 11.3 Å². The summed E-state index contributed by atoms with van der Waals surface area (Å²) in [7, 11) is -3.50. The molecule has 0 amide bonds. The molecule has 2 N–H and O–H groups in total. The van der Waals surface area contributed by atoms with Crippen molar-refractivity contribution in [2.24, 2.45) is 0 Å². The third-order valence-electron chi connectivity index (χ3n) is 2.93. The fraction of sp³-hybridized carbons (Fsp3) is 0.714. The van der Waals surface area contributed by atoms with E-state index in [-0.39, 0.29) is 6.54 Å². The molecule has 0 aliphatic heterocycles. The van der Waals surface area contributed by atoms with Gasteiger partial charge in [0.1, 0.15) is 0 Å². The largest absolute Gasteiger partial charge is 0.375 e. The standard InChI is InChI=1S/C14H26N2O3S2/c1-5-8-15-10-12-13(7-9-20-12)21(17,18)16-11-14(3,4)19-6-2/h7,9,15-16H,5-6,8,10-11H2,1-4H3. The molecule has 0 aromatic carbocycles. The minimum absolute atomic E-state index is 0.251. The SMILES string of the molecule is CCCNCc1sccc1S(=O)(=O)NCC(C)(C)OCC. The van der Waals surface area contributed by atoms with Crippen LogP contribution in [-0.4, -0.2) is 33.7 Å². The second-order valence-electron chi connectivity index (χ2n) is 5.40. The van der Waals surface area contributed by atoms with Gasteiger partial charge in [0.25, 0.3) is 0 Å². The van der Waals surface area contributed by atoms with E-state index in [1.807, 2.05) is 26.2 Å². The monoisotopic (exact) mass is 334 g/mol. The van der Waals surface area contributed by atoms with Crippen molar-refractivity contribution in [2.75, 3.05) is 19.7 Å². The molecule has 1 rings (SSSR count).